The predicted octanol–water partition coefficient (Wildman–Crippen LogP) is 3.31. The number of likely N-dealkylation sites (N-methyl/N-ethyl adjacent to an activating group) is 1. The maximum Gasteiger partial charge on any atom is 0.336 e. The van der Waals surface area contributed by atoms with E-state index in [2.05, 4.69) is 4.90 Å². The second-order valence-electron chi connectivity index (χ2n) is 5.85. The van der Waals surface area contributed by atoms with E-state index in [-0.39, 0.29) is 5.63 Å². The molecule has 130 valence electrons. The highest BCUT2D eigenvalue weighted by Gasteiger charge is 2.09. The van der Waals surface area contributed by atoms with E-state index in [0.717, 1.165) is 23.2 Å². The predicted molar refractivity (Wildman–Crippen MR) is 97.3 cm³/mol. The van der Waals surface area contributed by atoms with Gasteiger partial charge in [-0.3, -0.25) is 4.90 Å². The van der Waals surface area contributed by atoms with E-state index < -0.39 is 0 Å². The van der Waals surface area contributed by atoms with Crippen LogP contribution in [-0.4, -0.2) is 32.2 Å². The van der Waals surface area contributed by atoms with Gasteiger partial charge < -0.3 is 13.9 Å². The molecular weight excluding hydrogens is 318 g/mol. The quantitative estimate of drug-likeness (QED) is 0.618. The largest absolute Gasteiger partial charge is 0.497 e. The first kappa shape index (κ1) is 17.0. The summed E-state index contributed by atoms with van der Waals surface area (Å²) in [6.07, 6.45) is 0. The van der Waals surface area contributed by atoms with E-state index in [1.165, 1.54) is 0 Å². The van der Waals surface area contributed by atoms with E-state index in [0.29, 0.717) is 24.5 Å². The number of methoxy groups -OCH3 is 1. The van der Waals surface area contributed by atoms with Crippen LogP contribution in [0.3, 0.4) is 0 Å². The molecule has 0 amide bonds. The fraction of sp³-hybridized carbons (Fsp3) is 0.250. The number of para-hydroxylation sites is 1. The molecule has 1 heterocycles. The van der Waals surface area contributed by atoms with Gasteiger partial charge in [-0.05, 0) is 36.9 Å². The Labute approximate surface area is 146 Å². The highest BCUT2D eigenvalue weighted by atomic mass is 16.5. The summed E-state index contributed by atoms with van der Waals surface area (Å²) in [6.45, 7) is 1.95. The number of benzene rings is 2. The van der Waals surface area contributed by atoms with Crippen LogP contribution in [0.5, 0.6) is 11.5 Å². The Bertz CT molecular complexity index is 889. The van der Waals surface area contributed by atoms with Gasteiger partial charge in [-0.25, -0.2) is 4.79 Å². The SMILES string of the molecule is COc1ccc2c(CN(C)CCOc3ccccc3)cc(=O)oc2c1. The van der Waals surface area contributed by atoms with Gasteiger partial charge in [0, 0.05) is 30.6 Å². The standard InChI is InChI=1S/C20H21NO4/c1-21(10-11-24-16-6-4-3-5-7-16)14-15-12-20(22)25-19-13-17(23-2)8-9-18(15)19/h3-9,12-13H,10-11,14H2,1-2H3. The molecule has 5 heteroatoms. The second-order valence-corrected chi connectivity index (χ2v) is 5.85. The molecule has 3 rings (SSSR count). The minimum atomic E-state index is -0.357. The van der Waals surface area contributed by atoms with Crippen LogP contribution in [0.2, 0.25) is 0 Å². The van der Waals surface area contributed by atoms with Crippen molar-refractivity contribution >= 4 is 11.0 Å². The normalized spacial score (nSPS) is 11.0. The van der Waals surface area contributed by atoms with Crippen molar-refractivity contribution in [2.45, 2.75) is 6.54 Å². The summed E-state index contributed by atoms with van der Waals surface area (Å²) in [5, 5.41) is 0.913. The van der Waals surface area contributed by atoms with Gasteiger partial charge in [-0.15, -0.1) is 0 Å². The maximum absolute atomic E-state index is 11.8. The Morgan fingerprint density at radius 2 is 1.84 bits per heavy atom. The number of fused-ring (bicyclic) bond motifs is 1. The van der Waals surface area contributed by atoms with Gasteiger partial charge in [-0.2, -0.15) is 0 Å². The van der Waals surface area contributed by atoms with E-state index in [4.69, 9.17) is 13.9 Å². The first-order valence-corrected chi connectivity index (χ1v) is 8.13. The Morgan fingerprint density at radius 3 is 2.60 bits per heavy atom. The van der Waals surface area contributed by atoms with Crippen LogP contribution in [0.15, 0.2) is 63.8 Å². The third-order valence-corrected chi connectivity index (χ3v) is 3.96. The summed E-state index contributed by atoms with van der Waals surface area (Å²) >= 11 is 0. The topological polar surface area (TPSA) is 51.9 Å². The summed E-state index contributed by atoms with van der Waals surface area (Å²) in [7, 11) is 3.59. The van der Waals surface area contributed by atoms with Crippen LogP contribution in [0, 0.1) is 0 Å². The average Bonchev–Trinajstić information content (AvgIpc) is 2.62. The summed E-state index contributed by atoms with van der Waals surface area (Å²) in [5.74, 6) is 1.52. The molecule has 2 aromatic carbocycles. The van der Waals surface area contributed by atoms with Gasteiger partial charge in [0.1, 0.15) is 23.7 Å². The molecule has 5 nitrogen and oxygen atoms in total. The van der Waals surface area contributed by atoms with Crippen LogP contribution in [0.1, 0.15) is 5.56 Å². The molecule has 0 aliphatic carbocycles. The van der Waals surface area contributed by atoms with Crippen LogP contribution < -0.4 is 15.1 Å². The Morgan fingerprint density at radius 1 is 1.04 bits per heavy atom. The molecule has 0 spiro atoms. The van der Waals surface area contributed by atoms with Gasteiger partial charge >= 0.3 is 5.63 Å². The van der Waals surface area contributed by atoms with E-state index in [1.54, 1.807) is 19.2 Å². The fourth-order valence-electron chi connectivity index (χ4n) is 2.67. The second kappa shape index (κ2) is 7.85. The highest BCUT2D eigenvalue weighted by Crippen LogP contribution is 2.23. The zero-order valence-corrected chi connectivity index (χ0v) is 14.4. The van der Waals surface area contributed by atoms with Crippen molar-refractivity contribution in [1.29, 1.82) is 0 Å². The lowest BCUT2D eigenvalue weighted by atomic mass is 10.1. The summed E-state index contributed by atoms with van der Waals surface area (Å²) in [5.41, 5.74) is 1.11. The molecule has 0 fully saturated rings. The first-order chi connectivity index (χ1) is 12.2. The van der Waals surface area contributed by atoms with Crippen molar-refractivity contribution < 1.29 is 13.9 Å². The van der Waals surface area contributed by atoms with Gasteiger partial charge in [0.05, 0.1) is 7.11 Å². The number of nitrogens with zero attached hydrogens (tertiary/aromatic N) is 1. The minimum Gasteiger partial charge on any atom is -0.497 e. The Hall–Kier alpha value is -2.79. The van der Waals surface area contributed by atoms with Crippen LogP contribution >= 0.6 is 0 Å². The number of rotatable bonds is 7. The molecule has 1 aromatic heterocycles. The first-order valence-electron chi connectivity index (χ1n) is 8.13. The molecule has 0 unspecified atom stereocenters. The zero-order valence-electron chi connectivity index (χ0n) is 14.4. The average molecular weight is 339 g/mol. The highest BCUT2D eigenvalue weighted by molar-refractivity contribution is 5.81. The van der Waals surface area contributed by atoms with E-state index >= 15 is 0 Å². The van der Waals surface area contributed by atoms with Crippen LogP contribution in [-0.2, 0) is 6.54 Å². The van der Waals surface area contributed by atoms with Crippen molar-refractivity contribution in [3.05, 3.63) is 70.6 Å². The fourth-order valence-corrected chi connectivity index (χ4v) is 2.67. The van der Waals surface area contributed by atoms with Gasteiger partial charge in [-0.1, -0.05) is 18.2 Å². The van der Waals surface area contributed by atoms with Crippen LogP contribution in [0.25, 0.3) is 11.0 Å². The van der Waals surface area contributed by atoms with Gasteiger partial charge in [0.25, 0.3) is 0 Å². The molecule has 0 aliphatic rings. The lowest BCUT2D eigenvalue weighted by molar-refractivity contribution is 0.233. The van der Waals surface area contributed by atoms with Gasteiger partial charge in [0.15, 0.2) is 0 Å². The smallest absolute Gasteiger partial charge is 0.336 e. The maximum atomic E-state index is 11.8. The summed E-state index contributed by atoms with van der Waals surface area (Å²) in [6, 6.07) is 16.8. The third-order valence-electron chi connectivity index (χ3n) is 3.96. The molecule has 0 bridgehead atoms. The minimum absolute atomic E-state index is 0.357. The van der Waals surface area contributed by atoms with Crippen molar-refractivity contribution in [2.24, 2.45) is 0 Å². The molecule has 25 heavy (non-hydrogen) atoms. The lowest BCUT2D eigenvalue weighted by Gasteiger charge is -2.18. The molecule has 0 saturated heterocycles. The third kappa shape index (κ3) is 4.39. The van der Waals surface area contributed by atoms with E-state index in [1.807, 2.05) is 49.5 Å². The molecule has 3 aromatic rings. The Balaban J connectivity index is 1.68. The molecule has 0 N–H and O–H groups in total. The number of ether oxygens (including phenoxy) is 2. The number of hydrogen-bond donors (Lipinski definition) is 0. The number of hydrogen-bond acceptors (Lipinski definition) is 5. The van der Waals surface area contributed by atoms with Crippen molar-refractivity contribution in [3.8, 4) is 11.5 Å². The van der Waals surface area contributed by atoms with Crippen molar-refractivity contribution in [1.82, 2.24) is 4.90 Å². The molecule has 0 saturated carbocycles. The monoisotopic (exact) mass is 339 g/mol. The Kier molecular flexibility index (Phi) is 5.36. The molecule has 0 atom stereocenters. The summed E-state index contributed by atoms with van der Waals surface area (Å²) < 4.78 is 16.2. The lowest BCUT2D eigenvalue weighted by Crippen LogP contribution is -2.24. The molecule has 0 radical (unpaired) electrons. The van der Waals surface area contributed by atoms with E-state index in [9.17, 15) is 4.79 Å². The summed E-state index contributed by atoms with van der Waals surface area (Å²) in [4.78, 5) is 13.9. The van der Waals surface area contributed by atoms with Crippen molar-refractivity contribution in [2.75, 3.05) is 27.3 Å². The zero-order chi connectivity index (χ0) is 17.6. The molecular formula is C20H21NO4. The van der Waals surface area contributed by atoms with Crippen LogP contribution in [0.4, 0.5) is 0 Å². The van der Waals surface area contributed by atoms with Gasteiger partial charge in [0.2, 0.25) is 0 Å². The molecule has 0 aliphatic heterocycles. The van der Waals surface area contributed by atoms with Crippen molar-refractivity contribution in [3.63, 3.8) is 0 Å².